The number of aromatic nitrogens is 4. The van der Waals surface area contributed by atoms with E-state index in [4.69, 9.17) is 18.0 Å². The van der Waals surface area contributed by atoms with E-state index >= 15 is 0 Å². The zero-order valence-electron chi connectivity index (χ0n) is 9.78. The monoisotopic (exact) mass is 262 g/mol. The van der Waals surface area contributed by atoms with Gasteiger partial charge in [-0.1, -0.05) is 12.2 Å². The van der Waals surface area contributed by atoms with Crippen LogP contribution in [0.15, 0.2) is 30.9 Å². The lowest BCUT2D eigenvalue weighted by Crippen LogP contribution is -2.17. The number of hydrogen-bond acceptors (Lipinski definition) is 5. The van der Waals surface area contributed by atoms with E-state index in [-0.39, 0.29) is 4.99 Å². The molecule has 0 aliphatic heterocycles. The van der Waals surface area contributed by atoms with Crippen molar-refractivity contribution in [2.45, 2.75) is 13.0 Å². The molecular formula is C11H14N6S. The van der Waals surface area contributed by atoms with Gasteiger partial charge in [-0.05, 0) is 12.5 Å². The number of nitrogens with two attached hydrogens (primary N) is 1. The summed E-state index contributed by atoms with van der Waals surface area (Å²) in [7, 11) is 0. The lowest BCUT2D eigenvalue weighted by Gasteiger charge is -2.08. The molecule has 0 aliphatic rings. The van der Waals surface area contributed by atoms with Crippen LogP contribution < -0.4 is 11.1 Å². The Kier molecular flexibility index (Phi) is 4.19. The lowest BCUT2D eigenvalue weighted by molar-refractivity contribution is 0.591. The Bertz CT molecular complexity index is 510. The van der Waals surface area contributed by atoms with Crippen LogP contribution in [0.4, 0.5) is 5.82 Å². The summed E-state index contributed by atoms with van der Waals surface area (Å²) in [5.74, 6) is 0.630. The minimum absolute atomic E-state index is 0.248. The fraction of sp³-hybridized carbons (Fsp3) is 0.273. The van der Waals surface area contributed by atoms with Crippen molar-refractivity contribution in [3.63, 3.8) is 0 Å². The summed E-state index contributed by atoms with van der Waals surface area (Å²) < 4.78 is 1.88. The molecule has 2 aromatic heterocycles. The number of hydrogen-bond donors (Lipinski definition) is 2. The average molecular weight is 262 g/mol. The smallest absolute Gasteiger partial charge is 0.155 e. The first-order valence-electron chi connectivity index (χ1n) is 5.59. The molecule has 0 atom stereocenters. The van der Waals surface area contributed by atoms with Gasteiger partial charge in [0.15, 0.2) is 5.82 Å². The fourth-order valence-corrected chi connectivity index (χ4v) is 1.68. The minimum atomic E-state index is 0.248. The van der Waals surface area contributed by atoms with E-state index in [0.29, 0.717) is 11.5 Å². The number of anilines is 1. The molecule has 2 rings (SSSR count). The second-order valence-corrected chi connectivity index (χ2v) is 4.11. The van der Waals surface area contributed by atoms with Crippen LogP contribution in [0.2, 0.25) is 0 Å². The maximum atomic E-state index is 5.57. The average Bonchev–Trinajstić information content (AvgIpc) is 2.88. The van der Waals surface area contributed by atoms with E-state index in [1.807, 2.05) is 16.9 Å². The molecule has 0 amide bonds. The molecule has 0 bridgehead atoms. The quantitative estimate of drug-likeness (QED) is 0.592. The normalized spacial score (nSPS) is 10.2. The van der Waals surface area contributed by atoms with E-state index in [9.17, 15) is 0 Å². The van der Waals surface area contributed by atoms with Crippen molar-refractivity contribution >= 4 is 23.0 Å². The molecule has 18 heavy (non-hydrogen) atoms. The van der Waals surface area contributed by atoms with Gasteiger partial charge in [-0.3, -0.25) is 4.68 Å². The molecule has 2 heterocycles. The molecule has 0 aromatic carbocycles. The van der Waals surface area contributed by atoms with Crippen LogP contribution in [0.1, 0.15) is 12.1 Å². The van der Waals surface area contributed by atoms with E-state index in [1.54, 1.807) is 18.6 Å². The Hall–Kier alpha value is -2.02. The summed E-state index contributed by atoms with van der Waals surface area (Å²) in [5, 5.41) is 7.30. The highest BCUT2D eigenvalue weighted by molar-refractivity contribution is 7.80. The first-order valence-corrected chi connectivity index (χ1v) is 6.00. The Morgan fingerprint density at radius 1 is 1.33 bits per heavy atom. The van der Waals surface area contributed by atoms with Gasteiger partial charge in [0.05, 0.1) is 0 Å². The highest BCUT2D eigenvalue weighted by Crippen LogP contribution is 2.07. The largest absolute Gasteiger partial charge is 0.388 e. The van der Waals surface area contributed by atoms with Crippen molar-refractivity contribution < 1.29 is 0 Å². The van der Waals surface area contributed by atoms with E-state index in [2.05, 4.69) is 20.4 Å². The Balaban J connectivity index is 1.85. The maximum absolute atomic E-state index is 5.57. The highest BCUT2D eigenvalue weighted by atomic mass is 32.1. The number of nitrogens with zero attached hydrogens (tertiary/aromatic N) is 4. The molecular weight excluding hydrogens is 248 g/mol. The third-order valence-corrected chi connectivity index (χ3v) is 2.54. The van der Waals surface area contributed by atoms with Gasteiger partial charge in [-0.2, -0.15) is 5.10 Å². The van der Waals surface area contributed by atoms with Crippen LogP contribution in [0.3, 0.4) is 0 Å². The summed E-state index contributed by atoms with van der Waals surface area (Å²) in [6.45, 7) is 1.61. The van der Waals surface area contributed by atoms with Gasteiger partial charge in [0, 0.05) is 37.9 Å². The molecule has 94 valence electrons. The summed E-state index contributed by atoms with van der Waals surface area (Å²) >= 11 is 4.91. The Morgan fingerprint density at radius 2 is 2.17 bits per heavy atom. The van der Waals surface area contributed by atoms with Crippen LogP contribution in [0, 0.1) is 0 Å². The van der Waals surface area contributed by atoms with Gasteiger partial charge in [0.25, 0.3) is 0 Å². The van der Waals surface area contributed by atoms with Crippen molar-refractivity contribution in [2.24, 2.45) is 5.73 Å². The predicted molar refractivity (Wildman–Crippen MR) is 73.3 cm³/mol. The van der Waals surface area contributed by atoms with Crippen molar-refractivity contribution in [3.8, 4) is 0 Å². The zero-order valence-corrected chi connectivity index (χ0v) is 10.6. The van der Waals surface area contributed by atoms with Gasteiger partial charge >= 0.3 is 0 Å². The van der Waals surface area contributed by atoms with E-state index in [0.717, 1.165) is 19.5 Å². The van der Waals surface area contributed by atoms with E-state index < -0.39 is 0 Å². The molecule has 0 fully saturated rings. The Labute approximate surface area is 110 Å². The van der Waals surface area contributed by atoms with Crippen LogP contribution in [0.5, 0.6) is 0 Å². The molecule has 0 radical (unpaired) electrons. The minimum Gasteiger partial charge on any atom is -0.388 e. The molecule has 0 spiro atoms. The number of thiocarbonyl (C=S) groups is 1. The van der Waals surface area contributed by atoms with Gasteiger partial charge in [-0.25, -0.2) is 9.97 Å². The molecule has 6 nitrogen and oxygen atoms in total. The first-order chi connectivity index (χ1) is 8.77. The van der Waals surface area contributed by atoms with Crippen molar-refractivity contribution in [1.29, 1.82) is 0 Å². The first kappa shape index (κ1) is 12.4. The summed E-state index contributed by atoms with van der Waals surface area (Å²) in [6, 6.07) is 1.90. The van der Waals surface area contributed by atoms with Gasteiger partial charge in [-0.15, -0.1) is 0 Å². The van der Waals surface area contributed by atoms with Gasteiger partial charge in [0.1, 0.15) is 10.7 Å². The predicted octanol–water partition coefficient (Wildman–Crippen LogP) is 0.809. The number of nitrogens with one attached hydrogen (secondary N) is 1. The number of aryl methyl sites for hydroxylation is 1. The molecule has 0 unspecified atom stereocenters. The molecule has 7 heteroatoms. The highest BCUT2D eigenvalue weighted by Gasteiger charge is 2.06. The lowest BCUT2D eigenvalue weighted by atomic mass is 10.3. The third kappa shape index (κ3) is 3.24. The van der Waals surface area contributed by atoms with Crippen LogP contribution >= 0.6 is 12.2 Å². The van der Waals surface area contributed by atoms with Gasteiger partial charge in [0.2, 0.25) is 0 Å². The topological polar surface area (TPSA) is 81.6 Å². The standard InChI is InChI=1S/C11H14N6S/c12-10(18)9-11(15-6-5-13-9)14-3-1-7-17-8-2-4-16-17/h2,4-6,8H,1,3,7H2,(H2,12,18)(H,14,15). The Morgan fingerprint density at radius 3 is 2.89 bits per heavy atom. The summed E-state index contributed by atoms with van der Waals surface area (Å²) in [4.78, 5) is 8.52. The molecule has 0 saturated heterocycles. The second-order valence-electron chi connectivity index (χ2n) is 3.67. The third-order valence-electron chi connectivity index (χ3n) is 2.35. The maximum Gasteiger partial charge on any atom is 0.155 e. The van der Waals surface area contributed by atoms with Gasteiger partial charge < -0.3 is 11.1 Å². The molecule has 3 N–H and O–H groups in total. The second kappa shape index (κ2) is 6.06. The fourth-order valence-electron chi connectivity index (χ4n) is 1.53. The molecule has 0 aliphatic carbocycles. The van der Waals surface area contributed by atoms with Crippen molar-refractivity contribution in [3.05, 3.63) is 36.5 Å². The molecule has 0 saturated carbocycles. The zero-order chi connectivity index (χ0) is 12.8. The van der Waals surface area contributed by atoms with Crippen LogP contribution in [-0.4, -0.2) is 31.3 Å². The number of rotatable bonds is 6. The van der Waals surface area contributed by atoms with Crippen molar-refractivity contribution in [2.75, 3.05) is 11.9 Å². The summed E-state index contributed by atoms with van der Waals surface area (Å²) in [6.07, 6.45) is 7.81. The van der Waals surface area contributed by atoms with Crippen LogP contribution in [0.25, 0.3) is 0 Å². The van der Waals surface area contributed by atoms with Crippen LogP contribution in [-0.2, 0) is 6.54 Å². The summed E-state index contributed by atoms with van der Waals surface area (Å²) in [5.41, 5.74) is 6.10. The molecule has 2 aromatic rings. The SMILES string of the molecule is NC(=S)c1nccnc1NCCCn1cccn1. The van der Waals surface area contributed by atoms with E-state index in [1.165, 1.54) is 0 Å². The van der Waals surface area contributed by atoms with Crippen molar-refractivity contribution in [1.82, 2.24) is 19.7 Å².